The summed E-state index contributed by atoms with van der Waals surface area (Å²) >= 11 is 0. The molecule has 0 heterocycles. The van der Waals surface area contributed by atoms with Crippen molar-refractivity contribution in [1.82, 2.24) is 0 Å². The SMILES string of the molecule is O=C(O)c1ccc(Oc2cccc(-c3ccccc3)c2Oc2ccc(C(=O)OC(=O)c3ccc(Oc4c(Oc5ccc(C(=O)O)cc5)cccc4-c4ccccc4)cc3)cc2)cc1. The molecule has 63 heavy (non-hydrogen) atoms. The molecule has 0 radical (unpaired) electrons. The van der Waals surface area contributed by atoms with Crippen molar-refractivity contribution in [1.29, 1.82) is 0 Å². The number of para-hydroxylation sites is 2. The van der Waals surface area contributed by atoms with Crippen LogP contribution < -0.4 is 18.9 Å². The zero-order valence-corrected chi connectivity index (χ0v) is 33.0. The van der Waals surface area contributed by atoms with Crippen LogP contribution in [-0.4, -0.2) is 34.1 Å². The van der Waals surface area contributed by atoms with E-state index in [0.717, 1.165) is 22.3 Å². The van der Waals surface area contributed by atoms with E-state index >= 15 is 0 Å². The van der Waals surface area contributed by atoms with Crippen molar-refractivity contribution in [2.24, 2.45) is 0 Å². The molecule has 308 valence electrons. The van der Waals surface area contributed by atoms with Gasteiger partial charge in [0.05, 0.1) is 22.3 Å². The highest BCUT2D eigenvalue weighted by Gasteiger charge is 2.20. The number of esters is 2. The van der Waals surface area contributed by atoms with E-state index in [1.165, 1.54) is 48.5 Å². The van der Waals surface area contributed by atoms with Crippen molar-refractivity contribution in [3.05, 3.63) is 216 Å². The Morgan fingerprint density at radius 1 is 0.317 bits per heavy atom. The van der Waals surface area contributed by atoms with Crippen LogP contribution in [0.15, 0.2) is 194 Å². The van der Waals surface area contributed by atoms with Crippen LogP contribution in [0, 0.1) is 0 Å². The van der Waals surface area contributed by atoms with Crippen LogP contribution in [-0.2, 0) is 4.74 Å². The van der Waals surface area contributed by atoms with Crippen LogP contribution in [0.3, 0.4) is 0 Å². The monoisotopic (exact) mass is 834 g/mol. The number of hydrogen-bond donors (Lipinski definition) is 2. The highest BCUT2D eigenvalue weighted by atomic mass is 16.6. The molecule has 0 saturated heterocycles. The van der Waals surface area contributed by atoms with Gasteiger partial charge in [0, 0.05) is 11.1 Å². The second-order valence-corrected chi connectivity index (χ2v) is 13.8. The van der Waals surface area contributed by atoms with Crippen molar-refractivity contribution >= 4 is 23.9 Å². The lowest BCUT2D eigenvalue weighted by Crippen LogP contribution is -2.12. The molecule has 11 heteroatoms. The van der Waals surface area contributed by atoms with E-state index in [-0.39, 0.29) is 22.3 Å². The van der Waals surface area contributed by atoms with Crippen LogP contribution in [0.4, 0.5) is 0 Å². The van der Waals surface area contributed by atoms with Crippen LogP contribution in [0.1, 0.15) is 41.4 Å². The molecule has 0 aliphatic rings. The molecule has 2 N–H and O–H groups in total. The molecule has 0 amide bonds. The molecule has 8 rings (SSSR count). The summed E-state index contributed by atoms with van der Waals surface area (Å²) in [6.07, 6.45) is 0. The molecule has 0 atom stereocenters. The molecule has 0 aliphatic heterocycles. The largest absolute Gasteiger partial charge is 0.478 e. The van der Waals surface area contributed by atoms with Crippen molar-refractivity contribution in [2.45, 2.75) is 0 Å². The van der Waals surface area contributed by atoms with Crippen molar-refractivity contribution in [3.63, 3.8) is 0 Å². The van der Waals surface area contributed by atoms with E-state index in [2.05, 4.69) is 0 Å². The summed E-state index contributed by atoms with van der Waals surface area (Å²) in [5.74, 6) is -0.845. The second-order valence-electron chi connectivity index (χ2n) is 13.8. The minimum atomic E-state index is -1.05. The van der Waals surface area contributed by atoms with Gasteiger partial charge in [0.2, 0.25) is 0 Å². The zero-order chi connectivity index (χ0) is 43.7. The lowest BCUT2D eigenvalue weighted by atomic mass is 10.0. The maximum Gasteiger partial charge on any atom is 0.346 e. The van der Waals surface area contributed by atoms with Gasteiger partial charge in [-0.25, -0.2) is 19.2 Å². The van der Waals surface area contributed by atoms with E-state index in [4.69, 9.17) is 23.7 Å². The number of hydrogen-bond acceptors (Lipinski definition) is 9. The Labute approximate surface area is 360 Å². The smallest absolute Gasteiger partial charge is 0.346 e. The number of rotatable bonds is 14. The molecular formula is C52H34O11. The zero-order valence-electron chi connectivity index (χ0n) is 33.0. The van der Waals surface area contributed by atoms with Gasteiger partial charge in [-0.1, -0.05) is 84.9 Å². The van der Waals surface area contributed by atoms with Gasteiger partial charge in [0.1, 0.15) is 23.0 Å². The maximum absolute atomic E-state index is 13.2. The van der Waals surface area contributed by atoms with E-state index in [1.807, 2.05) is 84.9 Å². The molecule has 8 aromatic rings. The first-order chi connectivity index (χ1) is 30.7. The lowest BCUT2D eigenvalue weighted by Gasteiger charge is -2.17. The van der Waals surface area contributed by atoms with Gasteiger partial charge in [-0.15, -0.1) is 0 Å². The molecule has 0 fully saturated rings. The maximum atomic E-state index is 13.2. The van der Waals surface area contributed by atoms with Crippen molar-refractivity contribution < 1.29 is 53.1 Å². The first-order valence-electron chi connectivity index (χ1n) is 19.4. The summed E-state index contributed by atoms with van der Waals surface area (Å²) in [4.78, 5) is 49.1. The molecule has 0 aliphatic carbocycles. The summed E-state index contributed by atoms with van der Waals surface area (Å²) in [5.41, 5.74) is 3.60. The second kappa shape index (κ2) is 18.5. The number of ether oxygens (including phenoxy) is 5. The number of carbonyl (C=O) groups excluding carboxylic acids is 2. The number of benzene rings is 8. The van der Waals surface area contributed by atoms with Gasteiger partial charge in [-0.3, -0.25) is 0 Å². The van der Waals surface area contributed by atoms with E-state index in [0.29, 0.717) is 46.0 Å². The Hall–Kier alpha value is -8.96. The summed E-state index contributed by atoms with van der Waals surface area (Å²) in [6, 6.07) is 54.1. The third-order valence-corrected chi connectivity index (χ3v) is 9.59. The summed E-state index contributed by atoms with van der Waals surface area (Å²) < 4.78 is 30.3. The third-order valence-electron chi connectivity index (χ3n) is 9.59. The Morgan fingerprint density at radius 2 is 0.635 bits per heavy atom. The van der Waals surface area contributed by atoms with Crippen LogP contribution in [0.25, 0.3) is 22.3 Å². The summed E-state index contributed by atoms with van der Waals surface area (Å²) in [7, 11) is 0. The van der Waals surface area contributed by atoms with Gasteiger partial charge in [0.25, 0.3) is 0 Å². The van der Waals surface area contributed by atoms with Crippen molar-refractivity contribution in [3.8, 4) is 68.2 Å². The van der Waals surface area contributed by atoms with E-state index < -0.39 is 23.9 Å². The van der Waals surface area contributed by atoms with Gasteiger partial charge < -0.3 is 33.9 Å². The Kier molecular flexibility index (Phi) is 12.0. The molecule has 8 aromatic carbocycles. The quantitative estimate of drug-likeness (QED) is 0.0794. The highest BCUT2D eigenvalue weighted by molar-refractivity contribution is 6.02. The minimum Gasteiger partial charge on any atom is -0.478 e. The molecule has 0 unspecified atom stereocenters. The Bertz CT molecular complexity index is 2710. The minimum absolute atomic E-state index is 0.102. The van der Waals surface area contributed by atoms with Gasteiger partial charge in [-0.2, -0.15) is 0 Å². The van der Waals surface area contributed by atoms with Crippen LogP contribution in [0.5, 0.6) is 46.0 Å². The summed E-state index contributed by atoms with van der Waals surface area (Å²) in [6.45, 7) is 0. The fraction of sp³-hybridized carbons (Fsp3) is 0. The average Bonchev–Trinajstić information content (AvgIpc) is 3.31. The first-order valence-corrected chi connectivity index (χ1v) is 19.4. The fourth-order valence-corrected chi connectivity index (χ4v) is 6.43. The normalized spacial score (nSPS) is 10.6. The van der Waals surface area contributed by atoms with Gasteiger partial charge in [-0.05, 0) is 120 Å². The fourth-order valence-electron chi connectivity index (χ4n) is 6.43. The summed E-state index contributed by atoms with van der Waals surface area (Å²) in [5, 5.41) is 18.6. The molecule has 0 aromatic heterocycles. The predicted octanol–water partition coefficient (Wildman–Crippen LogP) is 12.6. The van der Waals surface area contributed by atoms with Gasteiger partial charge in [0.15, 0.2) is 23.0 Å². The lowest BCUT2D eigenvalue weighted by molar-refractivity contribution is 0.0396. The standard InChI is InChI=1S/C52H34O11/c53-49(54)35-17-25-39(26-18-35)59-45-15-7-13-43(33-9-3-1-4-10-33)47(45)61-41-29-21-37(22-30-41)51(57)63-52(58)38-23-31-42(32-24-38)62-48-44(34-11-5-2-6-12-34)14-8-16-46(48)60-40-27-19-36(20-28-40)50(55)56/h1-32H,(H,53,54)(H,55,56). The molecule has 11 nitrogen and oxygen atoms in total. The number of carboxylic acid groups (broad SMARTS) is 2. The predicted molar refractivity (Wildman–Crippen MR) is 233 cm³/mol. The molecule has 0 saturated carbocycles. The molecule has 0 bridgehead atoms. The van der Waals surface area contributed by atoms with E-state index in [1.54, 1.807) is 60.7 Å². The van der Waals surface area contributed by atoms with Crippen LogP contribution in [0.2, 0.25) is 0 Å². The average molecular weight is 835 g/mol. The number of carbonyl (C=O) groups is 4. The van der Waals surface area contributed by atoms with E-state index in [9.17, 15) is 29.4 Å². The molecular weight excluding hydrogens is 801 g/mol. The highest BCUT2D eigenvalue weighted by Crippen LogP contribution is 2.44. The van der Waals surface area contributed by atoms with Gasteiger partial charge >= 0.3 is 23.9 Å². The topological polar surface area (TPSA) is 155 Å². The number of aromatic carboxylic acids is 2. The Morgan fingerprint density at radius 3 is 0.968 bits per heavy atom. The van der Waals surface area contributed by atoms with Crippen LogP contribution >= 0.6 is 0 Å². The molecule has 0 spiro atoms. The third kappa shape index (κ3) is 9.75. The Balaban J connectivity index is 0.965. The number of carboxylic acids is 2. The van der Waals surface area contributed by atoms with Crippen molar-refractivity contribution in [2.75, 3.05) is 0 Å². The first kappa shape index (κ1) is 40.8.